The van der Waals surface area contributed by atoms with Crippen LogP contribution in [0.1, 0.15) is 25.0 Å². The Morgan fingerprint density at radius 1 is 0.629 bits per heavy atom. The van der Waals surface area contributed by atoms with Gasteiger partial charge in [0.25, 0.3) is 0 Å². The summed E-state index contributed by atoms with van der Waals surface area (Å²) in [5, 5.41) is 8.17. The second kappa shape index (κ2) is 7.12. The molecule has 0 saturated carbocycles. The van der Waals surface area contributed by atoms with Crippen LogP contribution < -0.4 is 21.3 Å². The average molecular weight is 449 g/mol. The molecule has 7 rings (SSSR count). The molecule has 0 fully saturated rings. The van der Waals surface area contributed by atoms with Crippen LogP contribution in [0.15, 0.2) is 97.1 Å². The van der Waals surface area contributed by atoms with Gasteiger partial charge in [-0.3, -0.25) is 0 Å². The van der Waals surface area contributed by atoms with E-state index in [0.29, 0.717) is 0 Å². The second-order valence-corrected chi connectivity index (χ2v) is 10.8. The van der Waals surface area contributed by atoms with Crippen LogP contribution in [0.25, 0.3) is 32.3 Å². The number of hydrogen-bond donors (Lipinski definition) is 0. The highest BCUT2D eigenvalue weighted by atomic mass is 15.1. The Bertz CT molecular complexity index is 1750. The summed E-state index contributed by atoms with van der Waals surface area (Å²) in [7, 11) is 4.27. The molecule has 0 saturated heterocycles. The summed E-state index contributed by atoms with van der Waals surface area (Å²) < 4.78 is 0. The molecule has 2 heteroatoms. The highest BCUT2D eigenvalue weighted by Gasteiger charge is 2.41. The fourth-order valence-electron chi connectivity index (χ4n) is 6.82. The average Bonchev–Trinajstić information content (AvgIpc) is 2.87. The summed E-state index contributed by atoms with van der Waals surface area (Å²) in [4.78, 5) is 2.23. The first-order chi connectivity index (χ1) is 17.0. The summed E-state index contributed by atoms with van der Waals surface area (Å²) in [6, 6.07) is 36.5. The zero-order chi connectivity index (χ0) is 23.9. The molecule has 0 bridgehead atoms. The molecule has 0 unspecified atom stereocenters. The third-order valence-electron chi connectivity index (χ3n) is 8.29. The van der Waals surface area contributed by atoms with Crippen molar-refractivity contribution in [1.29, 1.82) is 0 Å². The predicted molar refractivity (Wildman–Crippen MR) is 154 cm³/mol. The standard InChI is InChI=1S/C33H28BN/c1-33(2)26-12-8-9-13-27(26)34(23-10-6-5-7-11-23)28-20-22-15-17-24-29(35(3)4)19-16-21-14-18-25(32(28)33)31(22)30(21)24/h5-20H,1-4H3. The zero-order valence-electron chi connectivity index (χ0n) is 20.8. The van der Waals surface area contributed by atoms with Crippen molar-refractivity contribution in [3.05, 3.63) is 108 Å². The van der Waals surface area contributed by atoms with E-state index in [9.17, 15) is 0 Å². The Balaban J connectivity index is 1.67. The molecule has 0 atom stereocenters. The molecule has 1 aliphatic rings. The molecule has 1 nitrogen and oxygen atoms in total. The number of nitrogens with zero attached hydrogens (tertiary/aromatic N) is 1. The lowest BCUT2D eigenvalue weighted by atomic mass is 9.31. The van der Waals surface area contributed by atoms with Crippen molar-refractivity contribution in [2.75, 3.05) is 19.0 Å². The van der Waals surface area contributed by atoms with Crippen LogP contribution >= 0.6 is 0 Å². The first kappa shape index (κ1) is 20.6. The van der Waals surface area contributed by atoms with E-state index in [4.69, 9.17) is 0 Å². The quantitative estimate of drug-likeness (QED) is 0.238. The van der Waals surface area contributed by atoms with Gasteiger partial charge >= 0.3 is 0 Å². The summed E-state index contributed by atoms with van der Waals surface area (Å²) in [5.74, 6) is 0. The monoisotopic (exact) mass is 449 g/mol. The minimum atomic E-state index is -0.0934. The van der Waals surface area contributed by atoms with Crippen LogP contribution in [0.4, 0.5) is 5.69 Å². The molecule has 1 aliphatic heterocycles. The Morgan fingerprint density at radius 3 is 2.09 bits per heavy atom. The maximum Gasteiger partial charge on any atom is 0.242 e. The highest BCUT2D eigenvalue weighted by molar-refractivity contribution is 6.96. The number of fused-ring (bicyclic) bond motifs is 3. The van der Waals surface area contributed by atoms with Gasteiger partial charge in [-0.05, 0) is 44.1 Å². The summed E-state index contributed by atoms with van der Waals surface area (Å²) in [6.07, 6.45) is 0. The number of rotatable bonds is 2. The molecule has 0 amide bonds. The van der Waals surface area contributed by atoms with Gasteiger partial charge in [-0.1, -0.05) is 121 Å². The SMILES string of the molecule is CN(C)c1ccc2ccc3c4c(cc5ccc1c2c53)B(c1ccccc1)c1ccccc1C4(C)C. The topological polar surface area (TPSA) is 3.24 Å². The number of hydrogen-bond acceptors (Lipinski definition) is 1. The van der Waals surface area contributed by atoms with Gasteiger partial charge in [-0.2, -0.15) is 0 Å². The molecule has 0 spiro atoms. The highest BCUT2D eigenvalue weighted by Crippen LogP contribution is 2.44. The van der Waals surface area contributed by atoms with E-state index in [1.54, 1.807) is 0 Å². The van der Waals surface area contributed by atoms with Crippen LogP contribution in [-0.4, -0.2) is 20.8 Å². The van der Waals surface area contributed by atoms with Crippen molar-refractivity contribution < 1.29 is 0 Å². The van der Waals surface area contributed by atoms with Gasteiger partial charge < -0.3 is 4.90 Å². The van der Waals surface area contributed by atoms with Gasteiger partial charge in [0, 0.05) is 30.6 Å². The molecular formula is C33H28BN. The van der Waals surface area contributed by atoms with Crippen molar-refractivity contribution in [2.24, 2.45) is 0 Å². The molecule has 168 valence electrons. The van der Waals surface area contributed by atoms with Crippen LogP contribution in [0.5, 0.6) is 0 Å². The lowest BCUT2D eigenvalue weighted by Gasteiger charge is -2.40. The number of anilines is 1. The Labute approximate surface area is 207 Å². The molecule has 1 heterocycles. The van der Waals surface area contributed by atoms with E-state index in [-0.39, 0.29) is 12.1 Å². The van der Waals surface area contributed by atoms with E-state index in [1.807, 2.05) is 0 Å². The van der Waals surface area contributed by atoms with E-state index < -0.39 is 0 Å². The molecular weight excluding hydrogens is 421 g/mol. The lowest BCUT2D eigenvalue weighted by Crippen LogP contribution is -2.60. The van der Waals surface area contributed by atoms with E-state index in [1.165, 1.54) is 65.5 Å². The van der Waals surface area contributed by atoms with E-state index >= 15 is 0 Å². The van der Waals surface area contributed by atoms with Gasteiger partial charge in [-0.25, -0.2) is 0 Å². The smallest absolute Gasteiger partial charge is 0.242 e. The minimum absolute atomic E-state index is 0.0934. The van der Waals surface area contributed by atoms with Crippen LogP contribution in [-0.2, 0) is 5.41 Å². The van der Waals surface area contributed by atoms with Crippen LogP contribution in [0.3, 0.4) is 0 Å². The van der Waals surface area contributed by atoms with Gasteiger partial charge in [0.2, 0.25) is 6.71 Å². The molecule has 6 aromatic rings. The Hall–Kier alpha value is -3.78. The van der Waals surface area contributed by atoms with Crippen molar-refractivity contribution in [3.63, 3.8) is 0 Å². The van der Waals surface area contributed by atoms with Crippen LogP contribution in [0.2, 0.25) is 0 Å². The van der Waals surface area contributed by atoms with Gasteiger partial charge in [0.1, 0.15) is 0 Å². The maximum absolute atomic E-state index is 2.49. The van der Waals surface area contributed by atoms with Crippen LogP contribution in [0, 0.1) is 0 Å². The molecule has 0 aromatic heterocycles. The molecule has 0 N–H and O–H groups in total. The predicted octanol–water partition coefficient (Wildman–Crippen LogP) is 5.81. The first-order valence-electron chi connectivity index (χ1n) is 12.5. The maximum atomic E-state index is 2.49. The van der Waals surface area contributed by atoms with Gasteiger partial charge in [-0.15, -0.1) is 0 Å². The molecule has 0 aliphatic carbocycles. The third-order valence-corrected chi connectivity index (χ3v) is 8.29. The van der Waals surface area contributed by atoms with Gasteiger partial charge in [0.05, 0.1) is 0 Å². The summed E-state index contributed by atoms with van der Waals surface area (Å²) >= 11 is 0. The molecule has 0 radical (unpaired) electrons. The third kappa shape index (κ3) is 2.71. The zero-order valence-corrected chi connectivity index (χ0v) is 20.8. The normalized spacial score (nSPS) is 14.5. The Kier molecular flexibility index (Phi) is 4.19. The van der Waals surface area contributed by atoms with E-state index in [2.05, 4.69) is 130 Å². The lowest BCUT2D eigenvalue weighted by molar-refractivity contribution is 0.652. The van der Waals surface area contributed by atoms with E-state index in [0.717, 1.165) is 0 Å². The van der Waals surface area contributed by atoms with Crippen molar-refractivity contribution in [3.8, 4) is 0 Å². The second-order valence-electron chi connectivity index (χ2n) is 10.8. The fraction of sp³-hybridized carbons (Fsp3) is 0.152. The van der Waals surface area contributed by atoms with Gasteiger partial charge in [0.15, 0.2) is 0 Å². The molecule has 35 heavy (non-hydrogen) atoms. The largest absolute Gasteiger partial charge is 0.377 e. The fourth-order valence-corrected chi connectivity index (χ4v) is 6.82. The summed E-state index contributed by atoms with van der Waals surface area (Å²) in [6.45, 7) is 5.05. The Morgan fingerprint density at radius 2 is 1.29 bits per heavy atom. The molecule has 6 aromatic carbocycles. The summed E-state index contributed by atoms with van der Waals surface area (Å²) in [5.41, 5.74) is 8.32. The number of benzene rings is 6. The van der Waals surface area contributed by atoms with Crippen molar-refractivity contribution in [2.45, 2.75) is 19.3 Å². The van der Waals surface area contributed by atoms with Crippen molar-refractivity contribution in [1.82, 2.24) is 0 Å². The minimum Gasteiger partial charge on any atom is -0.377 e. The first-order valence-corrected chi connectivity index (χ1v) is 12.5. The van der Waals surface area contributed by atoms with Crippen molar-refractivity contribution >= 4 is 61.1 Å².